The Morgan fingerprint density at radius 2 is 1.35 bits per heavy atom. The van der Waals surface area contributed by atoms with Gasteiger partial charge in [0, 0.05) is 40.5 Å². The molecule has 6 rings (SSSR count). The molecule has 242 valence electrons. The lowest BCUT2D eigenvalue weighted by Gasteiger charge is -2.16. The summed E-state index contributed by atoms with van der Waals surface area (Å²) in [6.45, 7) is 0. The zero-order chi connectivity index (χ0) is 34.0. The van der Waals surface area contributed by atoms with E-state index in [0.717, 1.165) is 18.3 Å². The number of hydrogen-bond donors (Lipinski definition) is 2. The molecule has 4 aromatic carbocycles. The van der Waals surface area contributed by atoms with E-state index in [-0.39, 0.29) is 11.3 Å². The van der Waals surface area contributed by atoms with Gasteiger partial charge in [-0.25, -0.2) is 4.98 Å². The lowest BCUT2D eigenvalue weighted by atomic mass is 10.0. The van der Waals surface area contributed by atoms with Gasteiger partial charge in [0.05, 0.1) is 36.6 Å². The lowest BCUT2D eigenvalue weighted by Crippen LogP contribution is -2.19. The first kappa shape index (κ1) is 31.7. The van der Waals surface area contributed by atoms with Crippen LogP contribution in [0.5, 0.6) is 23.0 Å². The average Bonchev–Trinajstić information content (AvgIpc) is 3.08. The maximum absolute atomic E-state index is 14.0. The van der Waals surface area contributed by atoms with Crippen molar-refractivity contribution in [3.8, 4) is 23.0 Å². The first-order valence-corrected chi connectivity index (χ1v) is 14.2. The van der Waals surface area contributed by atoms with E-state index in [1.807, 2.05) is 0 Å². The normalized spacial score (nSPS) is 11.3. The van der Waals surface area contributed by atoms with Crippen LogP contribution in [0, 0.1) is 5.95 Å². The van der Waals surface area contributed by atoms with Crippen LogP contribution < -0.4 is 24.8 Å². The minimum Gasteiger partial charge on any atom is -0.493 e. The number of carbonyl (C=O) groups excluding carboxylic acids is 2. The standard InChI is InChI=1S/C35H24F4N4O5/c1-46-30-17-24-27(18-31(30)47-2)40-15-13-29(24)48-28-10-4-6-20-21(28)7-3-8-22(20)33(44)42-19-11-12-26(25(16-19)35(37,38)39)43-34(45)23-9-5-14-41-32(23)36/h3-18H,1-2H3,(H,42,44)(H,43,45). The summed E-state index contributed by atoms with van der Waals surface area (Å²) >= 11 is 0. The van der Waals surface area contributed by atoms with E-state index in [4.69, 9.17) is 14.2 Å². The van der Waals surface area contributed by atoms with Crippen LogP contribution in [0.4, 0.5) is 28.9 Å². The number of ether oxygens (including phenoxy) is 3. The smallest absolute Gasteiger partial charge is 0.418 e. The van der Waals surface area contributed by atoms with E-state index in [1.54, 1.807) is 54.7 Å². The summed E-state index contributed by atoms with van der Waals surface area (Å²) in [5, 5.41) is 6.26. The van der Waals surface area contributed by atoms with E-state index >= 15 is 0 Å². The van der Waals surface area contributed by atoms with Crippen molar-refractivity contribution in [1.29, 1.82) is 0 Å². The van der Waals surface area contributed by atoms with Crippen molar-refractivity contribution >= 4 is 44.9 Å². The number of benzene rings is 4. The molecule has 0 spiro atoms. The number of pyridine rings is 2. The predicted octanol–water partition coefficient (Wildman–Crippen LogP) is 8.26. The molecule has 48 heavy (non-hydrogen) atoms. The van der Waals surface area contributed by atoms with Crippen LogP contribution in [0.25, 0.3) is 21.7 Å². The number of methoxy groups -OCH3 is 2. The number of hydrogen-bond acceptors (Lipinski definition) is 7. The third-order valence-corrected chi connectivity index (χ3v) is 7.39. The summed E-state index contributed by atoms with van der Waals surface area (Å²) in [4.78, 5) is 33.7. The Balaban J connectivity index is 1.30. The van der Waals surface area contributed by atoms with Crippen LogP contribution in [0.2, 0.25) is 0 Å². The van der Waals surface area contributed by atoms with Gasteiger partial charge in [0.1, 0.15) is 11.5 Å². The Bertz CT molecular complexity index is 2210. The molecule has 0 aliphatic rings. The Morgan fingerprint density at radius 3 is 2.10 bits per heavy atom. The van der Waals surface area contributed by atoms with Crippen molar-refractivity contribution in [2.24, 2.45) is 0 Å². The van der Waals surface area contributed by atoms with Crippen LogP contribution in [-0.4, -0.2) is 36.0 Å². The third kappa shape index (κ3) is 6.25. The van der Waals surface area contributed by atoms with Crippen LogP contribution in [0.1, 0.15) is 26.3 Å². The number of halogens is 4. The molecule has 0 atom stereocenters. The molecule has 13 heteroatoms. The van der Waals surface area contributed by atoms with Crippen molar-refractivity contribution in [2.75, 3.05) is 24.9 Å². The highest BCUT2D eigenvalue weighted by atomic mass is 19.4. The molecule has 0 fully saturated rings. The van der Waals surface area contributed by atoms with E-state index in [1.165, 1.54) is 32.4 Å². The zero-order valence-corrected chi connectivity index (χ0v) is 25.2. The average molecular weight is 657 g/mol. The molecule has 0 aliphatic carbocycles. The molecule has 2 amide bonds. The van der Waals surface area contributed by atoms with Gasteiger partial charge in [-0.15, -0.1) is 0 Å². The number of fused-ring (bicyclic) bond motifs is 2. The quantitative estimate of drug-likeness (QED) is 0.125. The van der Waals surface area contributed by atoms with Crippen LogP contribution >= 0.6 is 0 Å². The largest absolute Gasteiger partial charge is 0.493 e. The topological polar surface area (TPSA) is 112 Å². The fraction of sp³-hybridized carbons (Fsp3) is 0.0857. The summed E-state index contributed by atoms with van der Waals surface area (Å²) in [6.07, 6.45) is -2.24. The first-order chi connectivity index (χ1) is 23.1. The molecule has 0 unspecified atom stereocenters. The Labute approximate surface area is 270 Å². The van der Waals surface area contributed by atoms with E-state index in [9.17, 15) is 27.2 Å². The molecule has 0 radical (unpaired) electrons. The monoisotopic (exact) mass is 656 g/mol. The lowest BCUT2D eigenvalue weighted by molar-refractivity contribution is -0.136. The molecule has 2 heterocycles. The molecule has 0 saturated carbocycles. The van der Waals surface area contributed by atoms with Crippen molar-refractivity contribution in [3.63, 3.8) is 0 Å². The van der Waals surface area contributed by atoms with Gasteiger partial charge in [-0.2, -0.15) is 17.6 Å². The summed E-state index contributed by atoms with van der Waals surface area (Å²) in [7, 11) is 3.03. The Kier molecular flexibility index (Phi) is 8.51. The summed E-state index contributed by atoms with van der Waals surface area (Å²) < 4.78 is 73.2. The molecule has 0 aliphatic heterocycles. The van der Waals surface area contributed by atoms with E-state index in [0.29, 0.717) is 50.7 Å². The number of alkyl halides is 3. The Hall–Kier alpha value is -6.24. The van der Waals surface area contributed by atoms with Gasteiger partial charge in [0.2, 0.25) is 5.95 Å². The summed E-state index contributed by atoms with van der Waals surface area (Å²) in [5.41, 5.74) is -1.82. The SMILES string of the molecule is COc1cc2nccc(Oc3cccc4c(C(=O)Nc5ccc(NC(=O)c6cccnc6F)c(C(F)(F)F)c5)cccc34)c2cc1OC. The fourth-order valence-corrected chi connectivity index (χ4v) is 5.13. The highest BCUT2D eigenvalue weighted by molar-refractivity contribution is 6.14. The van der Waals surface area contributed by atoms with Gasteiger partial charge in [0.25, 0.3) is 11.8 Å². The van der Waals surface area contributed by atoms with Gasteiger partial charge >= 0.3 is 6.18 Å². The summed E-state index contributed by atoms with van der Waals surface area (Å²) in [6, 6.07) is 20.4. The van der Waals surface area contributed by atoms with Gasteiger partial charge in [-0.3, -0.25) is 14.6 Å². The van der Waals surface area contributed by atoms with E-state index < -0.39 is 40.8 Å². The Morgan fingerprint density at radius 1 is 0.667 bits per heavy atom. The van der Waals surface area contributed by atoms with Crippen molar-refractivity contribution < 1.29 is 41.4 Å². The molecule has 2 N–H and O–H groups in total. The maximum atomic E-state index is 14.0. The molecular weight excluding hydrogens is 632 g/mol. The number of nitrogens with zero attached hydrogens (tertiary/aromatic N) is 2. The molecule has 2 aromatic heterocycles. The van der Waals surface area contributed by atoms with Gasteiger partial charge in [-0.05, 0) is 60.0 Å². The number of nitrogens with one attached hydrogen (secondary N) is 2. The third-order valence-electron chi connectivity index (χ3n) is 7.39. The zero-order valence-electron chi connectivity index (χ0n) is 25.2. The number of rotatable bonds is 8. The second kappa shape index (κ2) is 12.9. The minimum absolute atomic E-state index is 0.168. The van der Waals surface area contributed by atoms with Gasteiger partial charge < -0.3 is 24.8 Å². The predicted molar refractivity (Wildman–Crippen MR) is 170 cm³/mol. The van der Waals surface area contributed by atoms with Crippen molar-refractivity contribution in [2.45, 2.75) is 6.18 Å². The van der Waals surface area contributed by atoms with Crippen molar-refractivity contribution in [3.05, 3.63) is 120 Å². The minimum atomic E-state index is -4.92. The highest BCUT2D eigenvalue weighted by Gasteiger charge is 2.35. The molecular formula is C35H24F4N4O5. The van der Waals surface area contributed by atoms with Gasteiger partial charge in [-0.1, -0.05) is 24.3 Å². The van der Waals surface area contributed by atoms with Crippen molar-refractivity contribution in [1.82, 2.24) is 9.97 Å². The number of carbonyl (C=O) groups is 2. The fourth-order valence-electron chi connectivity index (χ4n) is 5.13. The second-order valence-corrected chi connectivity index (χ2v) is 10.3. The van der Waals surface area contributed by atoms with Crippen LogP contribution in [-0.2, 0) is 6.18 Å². The molecule has 6 aromatic rings. The highest BCUT2D eigenvalue weighted by Crippen LogP contribution is 2.40. The first-order valence-electron chi connectivity index (χ1n) is 14.2. The second-order valence-electron chi connectivity index (χ2n) is 10.3. The van der Waals surface area contributed by atoms with Crippen LogP contribution in [0.3, 0.4) is 0 Å². The summed E-state index contributed by atoms with van der Waals surface area (Å²) in [5.74, 6) is -1.09. The molecule has 0 bridgehead atoms. The number of anilines is 2. The molecule has 9 nitrogen and oxygen atoms in total. The maximum Gasteiger partial charge on any atom is 0.418 e. The number of aromatic nitrogens is 2. The van der Waals surface area contributed by atoms with E-state index in [2.05, 4.69) is 20.6 Å². The molecule has 0 saturated heterocycles. The van der Waals surface area contributed by atoms with Crippen LogP contribution in [0.15, 0.2) is 97.3 Å². The number of amides is 2. The van der Waals surface area contributed by atoms with Gasteiger partial charge in [0.15, 0.2) is 11.5 Å².